The number of hydrogen-bond acceptors (Lipinski definition) is 4. The SMILES string of the molecule is O=C(CCN1CCCC1CN1CCCCC1)N1CCNCC1. The van der Waals surface area contributed by atoms with Gasteiger partial charge in [-0.2, -0.15) is 0 Å². The Morgan fingerprint density at radius 2 is 1.73 bits per heavy atom. The molecule has 0 aromatic rings. The van der Waals surface area contributed by atoms with Crippen LogP contribution in [0.3, 0.4) is 0 Å². The van der Waals surface area contributed by atoms with Crippen molar-refractivity contribution in [2.45, 2.75) is 44.6 Å². The Kier molecular flexibility index (Phi) is 6.10. The second-order valence-corrected chi connectivity index (χ2v) is 7.07. The molecule has 126 valence electrons. The predicted molar refractivity (Wildman–Crippen MR) is 89.0 cm³/mol. The minimum absolute atomic E-state index is 0.352. The zero-order valence-electron chi connectivity index (χ0n) is 13.9. The first-order valence-corrected chi connectivity index (χ1v) is 9.28. The molecule has 0 spiro atoms. The van der Waals surface area contributed by atoms with E-state index in [-0.39, 0.29) is 0 Å². The van der Waals surface area contributed by atoms with Crippen LogP contribution < -0.4 is 5.32 Å². The van der Waals surface area contributed by atoms with Gasteiger partial charge < -0.3 is 15.1 Å². The Labute approximate surface area is 135 Å². The standard InChI is InChI=1S/C17H32N4O/c22-17(21-13-7-18-8-14-21)6-12-20-11-4-5-16(20)15-19-9-2-1-3-10-19/h16,18H,1-15H2. The molecule has 5 heteroatoms. The van der Waals surface area contributed by atoms with Crippen LogP contribution in [-0.2, 0) is 4.79 Å². The van der Waals surface area contributed by atoms with Gasteiger partial charge >= 0.3 is 0 Å². The van der Waals surface area contributed by atoms with E-state index < -0.39 is 0 Å². The van der Waals surface area contributed by atoms with Gasteiger partial charge in [-0.25, -0.2) is 0 Å². The van der Waals surface area contributed by atoms with Crippen LogP contribution in [0.25, 0.3) is 0 Å². The van der Waals surface area contributed by atoms with E-state index in [1.54, 1.807) is 0 Å². The zero-order chi connectivity index (χ0) is 15.2. The average molecular weight is 308 g/mol. The summed E-state index contributed by atoms with van der Waals surface area (Å²) in [6, 6.07) is 0.689. The van der Waals surface area contributed by atoms with Gasteiger partial charge in [0.15, 0.2) is 0 Å². The molecule has 3 heterocycles. The summed E-state index contributed by atoms with van der Waals surface area (Å²) in [6.07, 6.45) is 7.47. The van der Waals surface area contributed by atoms with Gasteiger partial charge in [-0.15, -0.1) is 0 Å². The third kappa shape index (κ3) is 4.43. The van der Waals surface area contributed by atoms with E-state index in [1.165, 1.54) is 58.3 Å². The molecule has 0 aromatic carbocycles. The lowest BCUT2D eigenvalue weighted by Gasteiger charge is -2.33. The van der Waals surface area contributed by atoms with Crippen molar-refractivity contribution >= 4 is 5.91 Å². The topological polar surface area (TPSA) is 38.8 Å². The molecule has 0 radical (unpaired) electrons. The second kappa shape index (κ2) is 8.27. The van der Waals surface area contributed by atoms with E-state index in [0.717, 1.165) is 32.7 Å². The van der Waals surface area contributed by atoms with Gasteiger partial charge in [-0.1, -0.05) is 6.42 Å². The smallest absolute Gasteiger partial charge is 0.223 e. The molecule has 0 aliphatic carbocycles. The van der Waals surface area contributed by atoms with Crippen LogP contribution in [-0.4, -0.2) is 85.6 Å². The molecule has 1 atom stereocenters. The summed E-state index contributed by atoms with van der Waals surface area (Å²) in [5.74, 6) is 0.352. The van der Waals surface area contributed by atoms with Crippen LogP contribution in [0.4, 0.5) is 0 Å². The van der Waals surface area contributed by atoms with Crippen LogP contribution in [0.1, 0.15) is 38.5 Å². The van der Waals surface area contributed by atoms with Gasteiger partial charge in [0.05, 0.1) is 0 Å². The largest absolute Gasteiger partial charge is 0.340 e. The second-order valence-electron chi connectivity index (χ2n) is 7.07. The number of hydrogen-bond donors (Lipinski definition) is 1. The minimum atomic E-state index is 0.352. The van der Waals surface area contributed by atoms with Gasteiger partial charge in [0.2, 0.25) is 5.91 Å². The van der Waals surface area contributed by atoms with Crippen LogP contribution in [0.15, 0.2) is 0 Å². The normalized spacial score (nSPS) is 28.2. The summed E-state index contributed by atoms with van der Waals surface area (Å²) in [6.45, 7) is 9.61. The molecular formula is C17H32N4O. The van der Waals surface area contributed by atoms with Gasteiger partial charge in [0, 0.05) is 51.7 Å². The maximum Gasteiger partial charge on any atom is 0.223 e. The number of piperidine rings is 1. The van der Waals surface area contributed by atoms with Gasteiger partial charge in [0.1, 0.15) is 0 Å². The summed E-state index contributed by atoms with van der Waals surface area (Å²) >= 11 is 0. The van der Waals surface area contributed by atoms with Crippen molar-refractivity contribution in [2.75, 3.05) is 58.9 Å². The summed E-state index contributed by atoms with van der Waals surface area (Å²) in [5, 5.41) is 3.31. The van der Waals surface area contributed by atoms with E-state index >= 15 is 0 Å². The quantitative estimate of drug-likeness (QED) is 0.814. The highest BCUT2D eigenvalue weighted by molar-refractivity contribution is 5.76. The number of piperazine rings is 1. The fraction of sp³-hybridized carbons (Fsp3) is 0.941. The first-order valence-electron chi connectivity index (χ1n) is 9.28. The fourth-order valence-corrected chi connectivity index (χ4v) is 4.15. The zero-order valence-corrected chi connectivity index (χ0v) is 13.9. The Morgan fingerprint density at radius 3 is 2.50 bits per heavy atom. The molecule has 3 aliphatic heterocycles. The van der Waals surface area contributed by atoms with E-state index in [2.05, 4.69) is 15.1 Å². The molecule has 3 aliphatic rings. The van der Waals surface area contributed by atoms with Crippen LogP contribution in [0.2, 0.25) is 0 Å². The Balaban J connectivity index is 1.41. The molecule has 3 saturated heterocycles. The third-order valence-corrected chi connectivity index (χ3v) is 5.50. The maximum absolute atomic E-state index is 12.3. The first kappa shape index (κ1) is 16.2. The fourth-order valence-electron chi connectivity index (χ4n) is 4.15. The van der Waals surface area contributed by atoms with Crippen molar-refractivity contribution in [3.8, 4) is 0 Å². The molecular weight excluding hydrogens is 276 g/mol. The molecule has 1 amide bonds. The van der Waals surface area contributed by atoms with Gasteiger partial charge in [-0.05, 0) is 45.3 Å². The molecule has 0 bridgehead atoms. The highest BCUT2D eigenvalue weighted by Crippen LogP contribution is 2.20. The lowest BCUT2D eigenvalue weighted by molar-refractivity contribution is -0.132. The molecule has 3 rings (SSSR count). The van der Waals surface area contributed by atoms with Crippen LogP contribution >= 0.6 is 0 Å². The molecule has 5 nitrogen and oxygen atoms in total. The summed E-state index contributed by atoms with van der Waals surface area (Å²) < 4.78 is 0. The summed E-state index contributed by atoms with van der Waals surface area (Å²) in [4.78, 5) is 19.6. The first-order chi connectivity index (χ1) is 10.8. The minimum Gasteiger partial charge on any atom is -0.340 e. The number of rotatable bonds is 5. The molecule has 3 fully saturated rings. The predicted octanol–water partition coefficient (Wildman–Crippen LogP) is 0.759. The van der Waals surface area contributed by atoms with Crippen molar-refractivity contribution in [1.82, 2.24) is 20.0 Å². The average Bonchev–Trinajstić information content (AvgIpc) is 3.01. The monoisotopic (exact) mass is 308 g/mol. The Morgan fingerprint density at radius 1 is 0.955 bits per heavy atom. The van der Waals surface area contributed by atoms with Crippen molar-refractivity contribution < 1.29 is 4.79 Å². The molecule has 0 saturated carbocycles. The highest BCUT2D eigenvalue weighted by Gasteiger charge is 2.27. The third-order valence-electron chi connectivity index (χ3n) is 5.50. The number of amides is 1. The van der Waals surface area contributed by atoms with E-state index in [0.29, 0.717) is 18.4 Å². The van der Waals surface area contributed by atoms with E-state index in [9.17, 15) is 4.79 Å². The number of nitrogens with one attached hydrogen (secondary N) is 1. The Bertz CT molecular complexity index is 351. The lowest BCUT2D eigenvalue weighted by atomic mass is 10.1. The number of likely N-dealkylation sites (tertiary alicyclic amines) is 2. The van der Waals surface area contributed by atoms with Crippen molar-refractivity contribution in [3.63, 3.8) is 0 Å². The maximum atomic E-state index is 12.3. The molecule has 0 aromatic heterocycles. The number of nitrogens with zero attached hydrogens (tertiary/aromatic N) is 3. The number of carbonyl (C=O) groups is 1. The van der Waals surface area contributed by atoms with Crippen molar-refractivity contribution in [1.29, 1.82) is 0 Å². The van der Waals surface area contributed by atoms with Gasteiger partial charge in [-0.3, -0.25) is 9.69 Å². The van der Waals surface area contributed by atoms with Crippen molar-refractivity contribution in [2.24, 2.45) is 0 Å². The highest BCUT2D eigenvalue weighted by atomic mass is 16.2. The van der Waals surface area contributed by atoms with E-state index in [1.807, 2.05) is 4.90 Å². The lowest BCUT2D eigenvalue weighted by Crippen LogP contribution is -2.48. The Hall–Kier alpha value is -0.650. The van der Waals surface area contributed by atoms with Crippen LogP contribution in [0, 0.1) is 0 Å². The molecule has 1 unspecified atom stereocenters. The van der Waals surface area contributed by atoms with Crippen LogP contribution in [0.5, 0.6) is 0 Å². The molecule has 22 heavy (non-hydrogen) atoms. The summed E-state index contributed by atoms with van der Waals surface area (Å²) in [7, 11) is 0. The van der Waals surface area contributed by atoms with E-state index in [4.69, 9.17) is 0 Å². The molecule has 1 N–H and O–H groups in total. The van der Waals surface area contributed by atoms with Gasteiger partial charge in [0.25, 0.3) is 0 Å². The summed E-state index contributed by atoms with van der Waals surface area (Å²) in [5.41, 5.74) is 0. The van der Waals surface area contributed by atoms with Crippen molar-refractivity contribution in [3.05, 3.63) is 0 Å². The number of carbonyl (C=O) groups excluding carboxylic acids is 1.